The first-order chi connectivity index (χ1) is 12.2. The van der Waals surface area contributed by atoms with Crippen LogP contribution in [0, 0.1) is 12.8 Å². The van der Waals surface area contributed by atoms with Crippen molar-refractivity contribution in [3.8, 4) is 0 Å². The zero-order chi connectivity index (χ0) is 17.2. The second-order valence-corrected chi connectivity index (χ2v) is 6.72. The Morgan fingerprint density at radius 3 is 2.92 bits per heavy atom. The molecule has 25 heavy (non-hydrogen) atoms. The van der Waals surface area contributed by atoms with Gasteiger partial charge in [0.25, 0.3) is 0 Å². The third-order valence-electron chi connectivity index (χ3n) is 4.69. The summed E-state index contributed by atoms with van der Waals surface area (Å²) in [7, 11) is 0. The van der Waals surface area contributed by atoms with Gasteiger partial charge in [-0.15, -0.1) is 0 Å². The fourth-order valence-corrected chi connectivity index (χ4v) is 3.57. The number of nitrogens with two attached hydrogens (primary N) is 1. The molecule has 0 spiro atoms. The average molecular weight is 338 g/mol. The third kappa shape index (κ3) is 3.61. The minimum atomic E-state index is 0.531. The highest BCUT2D eigenvalue weighted by atomic mass is 16.5. The van der Waals surface area contributed by atoms with Gasteiger partial charge in [-0.3, -0.25) is 4.90 Å². The summed E-state index contributed by atoms with van der Waals surface area (Å²) in [4.78, 5) is 15.9. The Kier molecular flexibility index (Phi) is 4.31. The largest absolute Gasteiger partial charge is 0.383 e. The monoisotopic (exact) mass is 338 g/mol. The van der Waals surface area contributed by atoms with Crippen molar-refractivity contribution in [1.29, 1.82) is 0 Å². The number of piperidine rings is 1. The van der Waals surface area contributed by atoms with Crippen LogP contribution in [0.1, 0.15) is 30.4 Å². The quantitative estimate of drug-likeness (QED) is 0.780. The molecule has 3 heterocycles. The minimum absolute atomic E-state index is 0.531. The van der Waals surface area contributed by atoms with Crippen LogP contribution < -0.4 is 5.73 Å². The Labute approximate surface area is 146 Å². The number of anilines is 1. The minimum Gasteiger partial charge on any atom is -0.383 e. The molecule has 1 fully saturated rings. The molecule has 0 amide bonds. The third-order valence-corrected chi connectivity index (χ3v) is 4.69. The van der Waals surface area contributed by atoms with Gasteiger partial charge in [0.1, 0.15) is 11.6 Å². The lowest BCUT2D eigenvalue weighted by Crippen LogP contribution is -2.36. The number of aryl methyl sites for hydroxylation is 1. The molecule has 0 bridgehead atoms. The van der Waals surface area contributed by atoms with Crippen molar-refractivity contribution in [2.45, 2.75) is 32.7 Å². The van der Waals surface area contributed by atoms with Gasteiger partial charge in [-0.2, -0.15) is 4.98 Å². The molecule has 0 radical (unpaired) electrons. The van der Waals surface area contributed by atoms with Crippen molar-refractivity contribution < 1.29 is 4.52 Å². The molecule has 1 atom stereocenters. The SMILES string of the molecule is Cc1nc(C[C@@H]2CCCN(Cc3nc(N)c4ccccc4n3)C2)no1. The topological polar surface area (TPSA) is 94.0 Å². The lowest BCUT2D eigenvalue weighted by molar-refractivity contribution is 0.162. The summed E-state index contributed by atoms with van der Waals surface area (Å²) in [5, 5.41) is 4.93. The zero-order valence-electron chi connectivity index (χ0n) is 14.4. The van der Waals surface area contributed by atoms with Gasteiger partial charge < -0.3 is 10.3 Å². The molecule has 1 aromatic carbocycles. The number of hydrogen-bond acceptors (Lipinski definition) is 7. The summed E-state index contributed by atoms with van der Waals surface area (Å²) in [6, 6.07) is 7.87. The van der Waals surface area contributed by atoms with Crippen LogP contribution in [0.2, 0.25) is 0 Å². The Hall–Kier alpha value is -2.54. The first-order valence-electron chi connectivity index (χ1n) is 8.70. The number of aromatic nitrogens is 4. The van der Waals surface area contributed by atoms with Gasteiger partial charge in [0, 0.05) is 25.3 Å². The van der Waals surface area contributed by atoms with Gasteiger partial charge in [0.15, 0.2) is 5.82 Å². The van der Waals surface area contributed by atoms with E-state index in [4.69, 9.17) is 10.3 Å². The molecule has 2 aromatic heterocycles. The van der Waals surface area contributed by atoms with Crippen LogP contribution in [-0.2, 0) is 13.0 Å². The van der Waals surface area contributed by atoms with Crippen molar-refractivity contribution in [2.24, 2.45) is 5.92 Å². The molecule has 7 heteroatoms. The van der Waals surface area contributed by atoms with Crippen LogP contribution >= 0.6 is 0 Å². The van der Waals surface area contributed by atoms with Gasteiger partial charge in [0.2, 0.25) is 5.89 Å². The van der Waals surface area contributed by atoms with E-state index in [1.54, 1.807) is 0 Å². The zero-order valence-corrected chi connectivity index (χ0v) is 14.4. The number of likely N-dealkylation sites (tertiary alicyclic amines) is 1. The average Bonchev–Trinajstić information content (AvgIpc) is 3.00. The van der Waals surface area contributed by atoms with Gasteiger partial charge in [0.05, 0.1) is 12.1 Å². The molecule has 3 aromatic rings. The fourth-order valence-electron chi connectivity index (χ4n) is 3.57. The molecule has 2 N–H and O–H groups in total. The van der Waals surface area contributed by atoms with E-state index in [-0.39, 0.29) is 0 Å². The number of benzene rings is 1. The first kappa shape index (κ1) is 16.0. The van der Waals surface area contributed by atoms with Crippen LogP contribution in [0.5, 0.6) is 0 Å². The molecule has 1 aliphatic rings. The standard InChI is InChI=1S/C18H22N6O/c1-12-20-16(23-25-12)9-13-5-4-8-24(10-13)11-17-21-15-7-3-2-6-14(15)18(19)22-17/h2-3,6-7,13H,4-5,8-11H2,1H3,(H2,19,21,22)/t13-/m0/s1. The number of rotatable bonds is 4. The number of fused-ring (bicyclic) bond motifs is 1. The Morgan fingerprint density at radius 1 is 1.20 bits per heavy atom. The normalized spacial score (nSPS) is 18.7. The number of nitrogens with zero attached hydrogens (tertiary/aromatic N) is 5. The Bertz CT molecular complexity index is 877. The van der Waals surface area contributed by atoms with Crippen LogP contribution in [0.25, 0.3) is 10.9 Å². The van der Waals surface area contributed by atoms with E-state index in [2.05, 4.69) is 25.0 Å². The first-order valence-corrected chi connectivity index (χ1v) is 8.70. The number of hydrogen-bond donors (Lipinski definition) is 1. The number of nitrogen functional groups attached to an aromatic ring is 1. The molecule has 1 aliphatic heterocycles. The molecule has 7 nitrogen and oxygen atoms in total. The van der Waals surface area contributed by atoms with E-state index in [1.807, 2.05) is 31.2 Å². The summed E-state index contributed by atoms with van der Waals surface area (Å²) in [6.45, 7) is 4.59. The maximum Gasteiger partial charge on any atom is 0.223 e. The highest BCUT2D eigenvalue weighted by Gasteiger charge is 2.23. The predicted octanol–water partition coefficient (Wildman–Crippen LogP) is 2.36. The summed E-state index contributed by atoms with van der Waals surface area (Å²) < 4.78 is 5.07. The molecule has 1 saturated heterocycles. The van der Waals surface area contributed by atoms with Gasteiger partial charge in [-0.05, 0) is 37.4 Å². The van der Waals surface area contributed by atoms with Crippen molar-refractivity contribution in [3.05, 3.63) is 41.8 Å². The van der Waals surface area contributed by atoms with Crippen molar-refractivity contribution in [3.63, 3.8) is 0 Å². The molecule has 4 rings (SSSR count). The van der Waals surface area contributed by atoms with Gasteiger partial charge in [-0.1, -0.05) is 17.3 Å². The smallest absolute Gasteiger partial charge is 0.223 e. The predicted molar refractivity (Wildman–Crippen MR) is 94.7 cm³/mol. The number of para-hydroxylation sites is 1. The summed E-state index contributed by atoms with van der Waals surface area (Å²) in [6.07, 6.45) is 3.20. The fraction of sp³-hybridized carbons (Fsp3) is 0.444. The summed E-state index contributed by atoms with van der Waals surface area (Å²) in [5.74, 6) is 3.30. The maximum absolute atomic E-state index is 6.10. The van der Waals surface area contributed by atoms with E-state index < -0.39 is 0 Å². The van der Waals surface area contributed by atoms with Crippen LogP contribution in [-0.4, -0.2) is 38.1 Å². The molecular weight excluding hydrogens is 316 g/mol. The summed E-state index contributed by atoms with van der Waals surface area (Å²) >= 11 is 0. The van der Waals surface area contributed by atoms with E-state index >= 15 is 0 Å². The molecule has 0 unspecified atom stereocenters. The highest BCUT2D eigenvalue weighted by molar-refractivity contribution is 5.87. The van der Waals surface area contributed by atoms with Crippen molar-refractivity contribution in [2.75, 3.05) is 18.8 Å². The highest BCUT2D eigenvalue weighted by Crippen LogP contribution is 2.22. The second-order valence-electron chi connectivity index (χ2n) is 6.72. The van der Waals surface area contributed by atoms with Crippen LogP contribution in [0.15, 0.2) is 28.8 Å². The molecule has 130 valence electrons. The maximum atomic E-state index is 6.10. The lowest BCUT2D eigenvalue weighted by atomic mass is 9.94. The van der Waals surface area contributed by atoms with E-state index in [0.29, 0.717) is 17.6 Å². The van der Waals surface area contributed by atoms with Gasteiger partial charge in [-0.25, -0.2) is 9.97 Å². The Balaban J connectivity index is 1.45. The molecular formula is C18H22N6O. The van der Waals surface area contributed by atoms with E-state index in [9.17, 15) is 0 Å². The summed E-state index contributed by atoms with van der Waals surface area (Å²) in [5.41, 5.74) is 7.00. The second kappa shape index (κ2) is 6.76. The molecule has 0 saturated carbocycles. The van der Waals surface area contributed by atoms with Crippen molar-refractivity contribution >= 4 is 16.7 Å². The van der Waals surface area contributed by atoms with Gasteiger partial charge >= 0.3 is 0 Å². The Morgan fingerprint density at radius 2 is 2.08 bits per heavy atom. The van der Waals surface area contributed by atoms with E-state index in [0.717, 1.165) is 55.0 Å². The molecule has 0 aliphatic carbocycles. The van der Waals surface area contributed by atoms with E-state index in [1.165, 1.54) is 6.42 Å². The van der Waals surface area contributed by atoms with Crippen LogP contribution in [0.3, 0.4) is 0 Å². The van der Waals surface area contributed by atoms with Crippen LogP contribution in [0.4, 0.5) is 5.82 Å². The van der Waals surface area contributed by atoms with Crippen molar-refractivity contribution in [1.82, 2.24) is 25.0 Å². The lowest BCUT2D eigenvalue weighted by Gasteiger charge is -2.31.